The molecule has 194 valence electrons. The maximum atomic E-state index is 13.5. The molecule has 0 spiro atoms. The van der Waals surface area contributed by atoms with Gasteiger partial charge in [-0.1, -0.05) is 0 Å². The zero-order valence-electron chi connectivity index (χ0n) is 18.4. The largest absolute Gasteiger partial charge is 0.507 e. The van der Waals surface area contributed by atoms with Gasteiger partial charge in [-0.15, -0.1) is 0 Å². The summed E-state index contributed by atoms with van der Waals surface area (Å²) in [5, 5.41) is 99.8. The fourth-order valence-electron chi connectivity index (χ4n) is 3.76. The average molecular weight is 510 g/mol. The molecule has 3 unspecified atom stereocenters. The third kappa shape index (κ3) is 3.68. The summed E-state index contributed by atoms with van der Waals surface area (Å²) in [4.78, 5) is 13.5. The van der Waals surface area contributed by atoms with Crippen molar-refractivity contribution in [3.8, 4) is 40.1 Å². The van der Waals surface area contributed by atoms with Crippen LogP contribution in [0.5, 0.6) is 28.7 Å². The standard InChI is InChI=1S/C22H22O14/c1-7-19(29)21(30,31)22(32,33)20(34-7)36-18-16(28)14-13(5-11(25)9(6-23)15(14)27)35-17(18)8-2-3-10(24)12(26)4-8/h2-5,7,19-20,23-27,29-33H,6H2,1H3. The van der Waals surface area contributed by atoms with E-state index in [1.807, 2.05) is 0 Å². The predicted molar refractivity (Wildman–Crippen MR) is 116 cm³/mol. The Labute approximate surface area is 200 Å². The summed E-state index contributed by atoms with van der Waals surface area (Å²) in [5.41, 5.74) is -2.20. The molecule has 0 bridgehead atoms. The van der Waals surface area contributed by atoms with Gasteiger partial charge < -0.3 is 65.0 Å². The zero-order valence-corrected chi connectivity index (χ0v) is 18.4. The molecule has 2 aromatic carbocycles. The molecule has 0 aliphatic carbocycles. The number of fused-ring (bicyclic) bond motifs is 1. The second-order valence-corrected chi connectivity index (χ2v) is 8.24. The van der Waals surface area contributed by atoms with E-state index in [9.17, 15) is 55.9 Å². The van der Waals surface area contributed by atoms with Gasteiger partial charge in [0.05, 0.1) is 18.3 Å². The number of rotatable bonds is 4. The van der Waals surface area contributed by atoms with Crippen molar-refractivity contribution in [1.29, 1.82) is 0 Å². The third-order valence-electron chi connectivity index (χ3n) is 5.88. The van der Waals surface area contributed by atoms with Crippen LogP contribution in [0.2, 0.25) is 0 Å². The summed E-state index contributed by atoms with van der Waals surface area (Å²) in [6.07, 6.45) is -6.11. The molecule has 3 aromatic rings. The van der Waals surface area contributed by atoms with Crippen LogP contribution in [0.4, 0.5) is 0 Å². The molecule has 1 saturated heterocycles. The molecule has 1 aromatic heterocycles. The van der Waals surface area contributed by atoms with Crippen LogP contribution in [0.3, 0.4) is 0 Å². The molecule has 3 atom stereocenters. The van der Waals surface area contributed by atoms with Gasteiger partial charge in [-0.25, -0.2) is 0 Å². The summed E-state index contributed by atoms with van der Waals surface area (Å²) >= 11 is 0. The molecule has 1 aliphatic rings. The first-order chi connectivity index (χ1) is 16.7. The Morgan fingerprint density at radius 3 is 2.25 bits per heavy atom. The molecule has 14 nitrogen and oxygen atoms in total. The fraction of sp³-hybridized carbons (Fsp3) is 0.318. The van der Waals surface area contributed by atoms with Crippen molar-refractivity contribution in [3.63, 3.8) is 0 Å². The van der Waals surface area contributed by atoms with Crippen LogP contribution in [-0.2, 0) is 11.3 Å². The molecule has 4 rings (SSSR count). The quantitative estimate of drug-likeness (QED) is 0.143. The molecule has 0 amide bonds. The molecular formula is C22H22O14. The van der Waals surface area contributed by atoms with Crippen LogP contribution in [-0.4, -0.2) is 81.1 Å². The van der Waals surface area contributed by atoms with E-state index in [-0.39, 0.29) is 5.56 Å². The average Bonchev–Trinajstić information content (AvgIpc) is 2.80. The molecule has 14 heteroatoms. The van der Waals surface area contributed by atoms with E-state index in [4.69, 9.17) is 13.9 Å². The minimum absolute atomic E-state index is 0.130. The van der Waals surface area contributed by atoms with Crippen molar-refractivity contribution >= 4 is 11.0 Å². The number of hydrogen-bond donors (Lipinski definition) is 10. The molecule has 0 radical (unpaired) electrons. The van der Waals surface area contributed by atoms with Gasteiger partial charge in [-0.3, -0.25) is 4.79 Å². The van der Waals surface area contributed by atoms with Gasteiger partial charge in [-0.2, -0.15) is 0 Å². The molecule has 36 heavy (non-hydrogen) atoms. The van der Waals surface area contributed by atoms with Gasteiger partial charge in [-0.05, 0) is 25.1 Å². The van der Waals surface area contributed by atoms with Gasteiger partial charge in [0.15, 0.2) is 17.3 Å². The number of aliphatic hydroxyl groups is 6. The lowest BCUT2D eigenvalue weighted by Gasteiger charge is -2.48. The lowest BCUT2D eigenvalue weighted by atomic mass is 9.92. The Bertz CT molecular complexity index is 1390. The summed E-state index contributed by atoms with van der Waals surface area (Å²) < 4.78 is 16.1. The van der Waals surface area contributed by atoms with Gasteiger partial charge in [0.1, 0.15) is 28.6 Å². The van der Waals surface area contributed by atoms with E-state index in [0.29, 0.717) is 0 Å². The zero-order chi connectivity index (χ0) is 26.7. The minimum atomic E-state index is -3.72. The first-order valence-corrected chi connectivity index (χ1v) is 10.3. The van der Waals surface area contributed by atoms with E-state index in [1.165, 1.54) is 0 Å². The summed E-state index contributed by atoms with van der Waals surface area (Å²) in [5.74, 6) is -11.5. The normalized spacial score (nSPS) is 23.0. The number of benzene rings is 2. The Morgan fingerprint density at radius 1 is 0.972 bits per heavy atom. The Balaban J connectivity index is 2.00. The maximum absolute atomic E-state index is 13.5. The highest BCUT2D eigenvalue weighted by Crippen LogP contribution is 2.42. The van der Waals surface area contributed by atoms with Gasteiger partial charge in [0.25, 0.3) is 17.9 Å². The van der Waals surface area contributed by atoms with Crippen molar-refractivity contribution in [2.24, 2.45) is 0 Å². The minimum Gasteiger partial charge on any atom is -0.507 e. The highest BCUT2D eigenvalue weighted by Gasteiger charge is 2.65. The smallest absolute Gasteiger partial charge is 0.286 e. The number of aliphatic hydroxyl groups excluding tert-OH is 2. The SMILES string of the molecule is CC1OC(Oc2c(-c3ccc(O)c(O)c3)oc3cc(O)c(CO)c(O)c3c2=O)C(O)(O)C(O)(O)C1O. The molecular weight excluding hydrogens is 488 g/mol. The van der Waals surface area contributed by atoms with E-state index in [0.717, 1.165) is 31.2 Å². The van der Waals surface area contributed by atoms with Crippen LogP contribution >= 0.6 is 0 Å². The van der Waals surface area contributed by atoms with Crippen LogP contribution in [0.15, 0.2) is 33.5 Å². The highest BCUT2D eigenvalue weighted by molar-refractivity contribution is 5.90. The summed E-state index contributed by atoms with van der Waals surface area (Å²) in [6.45, 7) is 0.257. The molecule has 10 N–H and O–H groups in total. The van der Waals surface area contributed by atoms with Crippen molar-refractivity contribution in [3.05, 3.63) is 40.1 Å². The number of ether oxygens (including phenoxy) is 2. The summed E-state index contributed by atoms with van der Waals surface area (Å²) in [7, 11) is 0. The number of hydrogen-bond acceptors (Lipinski definition) is 14. The van der Waals surface area contributed by atoms with Crippen LogP contribution in [0.1, 0.15) is 12.5 Å². The van der Waals surface area contributed by atoms with Crippen molar-refractivity contribution in [2.45, 2.75) is 43.6 Å². The van der Waals surface area contributed by atoms with E-state index in [1.54, 1.807) is 0 Å². The predicted octanol–water partition coefficient (Wildman–Crippen LogP) is -1.38. The first kappa shape index (κ1) is 25.5. The van der Waals surface area contributed by atoms with Gasteiger partial charge in [0.2, 0.25) is 11.2 Å². The second-order valence-electron chi connectivity index (χ2n) is 8.24. The van der Waals surface area contributed by atoms with E-state index in [2.05, 4.69) is 0 Å². The van der Waals surface area contributed by atoms with Crippen molar-refractivity contribution in [1.82, 2.24) is 0 Å². The fourth-order valence-corrected chi connectivity index (χ4v) is 3.76. The lowest BCUT2D eigenvalue weighted by Crippen LogP contribution is -2.74. The van der Waals surface area contributed by atoms with Gasteiger partial charge in [0, 0.05) is 11.6 Å². The molecule has 2 heterocycles. The lowest BCUT2D eigenvalue weighted by molar-refractivity contribution is -0.471. The highest BCUT2D eigenvalue weighted by atomic mass is 16.8. The third-order valence-corrected chi connectivity index (χ3v) is 5.88. The van der Waals surface area contributed by atoms with Crippen LogP contribution in [0, 0.1) is 0 Å². The van der Waals surface area contributed by atoms with Crippen molar-refractivity contribution < 1.29 is 65.0 Å². The van der Waals surface area contributed by atoms with E-state index < -0.39 is 93.1 Å². The Hall–Kier alpha value is -3.63. The molecule has 0 saturated carbocycles. The topological polar surface area (TPSA) is 251 Å². The Kier molecular flexibility index (Phi) is 6.01. The van der Waals surface area contributed by atoms with Gasteiger partial charge >= 0.3 is 0 Å². The van der Waals surface area contributed by atoms with Crippen LogP contribution in [0.25, 0.3) is 22.3 Å². The van der Waals surface area contributed by atoms with E-state index >= 15 is 0 Å². The monoisotopic (exact) mass is 510 g/mol. The molecule has 1 fully saturated rings. The number of aromatic hydroxyl groups is 4. The Morgan fingerprint density at radius 2 is 1.64 bits per heavy atom. The van der Waals surface area contributed by atoms with Crippen LogP contribution < -0.4 is 10.2 Å². The molecule has 1 aliphatic heterocycles. The number of phenolic OH excluding ortho intramolecular Hbond substituents is 2. The number of phenols is 4. The van der Waals surface area contributed by atoms with Crippen molar-refractivity contribution in [2.75, 3.05) is 0 Å². The first-order valence-electron chi connectivity index (χ1n) is 10.3. The summed E-state index contributed by atoms with van der Waals surface area (Å²) in [6, 6.07) is 4.03. The maximum Gasteiger partial charge on any atom is 0.286 e. The second kappa shape index (κ2) is 8.49.